The number of carbonyl (C=O) groups is 2. The van der Waals surface area contributed by atoms with Gasteiger partial charge in [0, 0.05) is 51.3 Å². The molecule has 0 aromatic heterocycles. The molecule has 0 saturated carbocycles. The average molecular weight is 557 g/mol. The van der Waals surface area contributed by atoms with Gasteiger partial charge < -0.3 is 15.4 Å². The number of Topliss-reactive ketones (excluding diaryl/α,β-unsaturated/α-hetero) is 1. The molecule has 2 N–H and O–H groups in total. The maximum absolute atomic E-state index is 14.0. The Hall–Kier alpha value is -1.77. The van der Waals surface area contributed by atoms with Crippen molar-refractivity contribution in [3.05, 3.63) is 35.1 Å². The number of morpholine rings is 1. The highest BCUT2D eigenvalue weighted by atomic mass is 35.5. The lowest BCUT2D eigenvalue weighted by Gasteiger charge is -2.33. The zero-order chi connectivity index (χ0) is 25.8. The fraction of sp³-hybridized carbons (Fsp3) is 0.636. The molecule has 2 aliphatic heterocycles. The summed E-state index contributed by atoms with van der Waals surface area (Å²) in [6.07, 6.45) is 0.705. The van der Waals surface area contributed by atoms with Gasteiger partial charge in [0.05, 0.1) is 32.1 Å². The van der Waals surface area contributed by atoms with Gasteiger partial charge in [-0.15, -0.1) is 12.4 Å². The lowest BCUT2D eigenvalue weighted by molar-refractivity contribution is -0.141. The first-order chi connectivity index (χ1) is 16.5. The average Bonchev–Trinajstić information content (AvgIpc) is 3.01. The van der Waals surface area contributed by atoms with Crippen molar-refractivity contribution < 1.29 is 35.9 Å². The van der Waals surface area contributed by atoms with Crippen LogP contribution in [-0.4, -0.2) is 105 Å². The van der Waals surface area contributed by atoms with E-state index in [0.29, 0.717) is 38.4 Å². The zero-order valence-electron chi connectivity index (χ0n) is 20.0. The molecule has 2 fully saturated rings. The van der Waals surface area contributed by atoms with Crippen LogP contribution in [0.15, 0.2) is 12.1 Å². The number of benzene rings is 1. The Morgan fingerprint density at radius 1 is 1.06 bits per heavy atom. The summed E-state index contributed by atoms with van der Waals surface area (Å²) in [4.78, 5) is 29.7. The molecule has 0 bridgehead atoms. The Morgan fingerprint density at radius 2 is 1.69 bits per heavy atom. The molecule has 1 aromatic rings. The van der Waals surface area contributed by atoms with Gasteiger partial charge in [-0.2, -0.15) is 0 Å². The van der Waals surface area contributed by atoms with Gasteiger partial charge >= 0.3 is 0 Å². The Morgan fingerprint density at radius 3 is 2.33 bits per heavy atom. The van der Waals surface area contributed by atoms with E-state index < -0.39 is 45.3 Å². The van der Waals surface area contributed by atoms with E-state index in [1.165, 1.54) is 9.21 Å². The van der Waals surface area contributed by atoms with E-state index in [1.54, 1.807) is 0 Å². The van der Waals surface area contributed by atoms with Gasteiger partial charge in [0.15, 0.2) is 17.4 Å². The Kier molecular flexibility index (Phi) is 11.1. The molecule has 2 aliphatic rings. The van der Waals surface area contributed by atoms with E-state index in [4.69, 9.17) is 10.5 Å². The minimum absolute atomic E-state index is 0. The smallest absolute Gasteiger partial charge is 0.237 e. The summed E-state index contributed by atoms with van der Waals surface area (Å²) in [5.41, 5.74) is 5.88. The van der Waals surface area contributed by atoms with Gasteiger partial charge in [0.25, 0.3) is 0 Å². The van der Waals surface area contributed by atoms with Crippen LogP contribution in [-0.2, 0) is 30.8 Å². The number of hydrogen-bond acceptors (Lipinski definition) is 7. The summed E-state index contributed by atoms with van der Waals surface area (Å²) in [6, 6.07) is -0.678. The molecule has 0 radical (unpaired) electrons. The monoisotopic (exact) mass is 556 g/mol. The summed E-state index contributed by atoms with van der Waals surface area (Å²) in [5.74, 6) is -4.21. The van der Waals surface area contributed by atoms with Gasteiger partial charge in [-0.3, -0.25) is 14.5 Å². The number of ether oxygens (including phenoxy) is 1. The zero-order valence-corrected chi connectivity index (χ0v) is 21.6. The van der Waals surface area contributed by atoms with E-state index in [9.17, 15) is 31.2 Å². The van der Waals surface area contributed by atoms with Gasteiger partial charge in [-0.1, -0.05) is 0 Å². The highest BCUT2D eigenvalue weighted by Crippen LogP contribution is 2.20. The standard InChI is InChI=1S/C22H31F3N4O5S.ClH/c1-35(32,33)28-3-2-20(29(5-4-28)22(31)14-27-6-8-34-9-7-27)21(30)12-16(26)10-15-11-18(24)19(25)13-17(15)23;/h11,13,16,20H,2-10,12,14,26H2,1H3;1H/t16-,20?;/m1./s1. The third kappa shape index (κ3) is 8.12. The molecular formula is C22H32ClF3N4O5S. The summed E-state index contributed by atoms with van der Waals surface area (Å²) in [6.45, 7) is 2.35. The number of ketones is 1. The number of halogens is 4. The van der Waals surface area contributed by atoms with Crippen molar-refractivity contribution in [2.75, 3.05) is 58.7 Å². The Bertz CT molecular complexity index is 1040. The topological polar surface area (TPSA) is 113 Å². The number of sulfonamides is 1. The van der Waals surface area contributed by atoms with E-state index in [1.807, 2.05) is 4.90 Å². The number of hydrogen-bond donors (Lipinski definition) is 1. The molecule has 0 aliphatic carbocycles. The summed E-state index contributed by atoms with van der Waals surface area (Å²) < 4.78 is 71.4. The maximum Gasteiger partial charge on any atom is 0.237 e. The number of nitrogens with zero attached hydrogens (tertiary/aromatic N) is 3. The first kappa shape index (κ1) is 30.5. The summed E-state index contributed by atoms with van der Waals surface area (Å²) >= 11 is 0. The van der Waals surface area contributed by atoms with Gasteiger partial charge in [-0.25, -0.2) is 25.9 Å². The van der Waals surface area contributed by atoms with E-state index in [2.05, 4.69) is 0 Å². The van der Waals surface area contributed by atoms with Crippen LogP contribution in [0.1, 0.15) is 18.4 Å². The first-order valence-electron chi connectivity index (χ1n) is 11.4. The highest BCUT2D eigenvalue weighted by molar-refractivity contribution is 7.88. The Balaban J connectivity index is 0.00000456. The van der Waals surface area contributed by atoms with Crippen LogP contribution in [0, 0.1) is 17.5 Å². The molecule has 2 atom stereocenters. The first-order valence-corrected chi connectivity index (χ1v) is 13.3. The van der Waals surface area contributed by atoms with Crippen LogP contribution in [0.5, 0.6) is 0 Å². The molecule has 2 heterocycles. The summed E-state index contributed by atoms with van der Waals surface area (Å²) in [7, 11) is -3.53. The fourth-order valence-corrected chi connectivity index (χ4v) is 5.23. The van der Waals surface area contributed by atoms with E-state index >= 15 is 0 Å². The van der Waals surface area contributed by atoms with Crippen molar-refractivity contribution in [1.29, 1.82) is 0 Å². The van der Waals surface area contributed by atoms with Gasteiger partial charge in [-0.05, 0) is 24.5 Å². The third-order valence-electron chi connectivity index (χ3n) is 6.28. The molecule has 36 heavy (non-hydrogen) atoms. The number of amides is 1. The van der Waals surface area contributed by atoms with Gasteiger partial charge in [0.1, 0.15) is 5.82 Å². The van der Waals surface area contributed by atoms with Crippen LogP contribution in [0.3, 0.4) is 0 Å². The fourth-order valence-electron chi connectivity index (χ4n) is 4.38. The molecule has 14 heteroatoms. The quantitative estimate of drug-likeness (QED) is 0.465. The molecule has 9 nitrogen and oxygen atoms in total. The molecule has 3 rings (SSSR count). The van der Waals surface area contributed by atoms with Crippen LogP contribution in [0.2, 0.25) is 0 Å². The third-order valence-corrected chi connectivity index (χ3v) is 7.58. The van der Waals surface area contributed by atoms with Crippen molar-refractivity contribution in [3.63, 3.8) is 0 Å². The van der Waals surface area contributed by atoms with Crippen LogP contribution < -0.4 is 5.73 Å². The predicted molar refractivity (Wildman–Crippen MR) is 129 cm³/mol. The largest absolute Gasteiger partial charge is 0.379 e. The molecule has 1 unspecified atom stereocenters. The molecule has 204 valence electrons. The lowest BCUT2D eigenvalue weighted by Crippen LogP contribution is -2.51. The second kappa shape index (κ2) is 13.2. The number of rotatable bonds is 8. The number of carbonyl (C=O) groups excluding carboxylic acids is 2. The normalized spacial score (nSPS) is 20.9. The van der Waals surface area contributed by atoms with Crippen molar-refractivity contribution in [2.45, 2.75) is 31.3 Å². The summed E-state index contributed by atoms with van der Waals surface area (Å²) in [5, 5.41) is 0. The molecule has 1 aromatic carbocycles. The van der Waals surface area contributed by atoms with E-state index in [-0.39, 0.29) is 69.3 Å². The van der Waals surface area contributed by atoms with Crippen LogP contribution >= 0.6 is 12.4 Å². The van der Waals surface area contributed by atoms with E-state index in [0.717, 1.165) is 6.26 Å². The minimum Gasteiger partial charge on any atom is -0.379 e. The molecular weight excluding hydrogens is 525 g/mol. The second-order valence-electron chi connectivity index (χ2n) is 8.93. The Labute approximate surface area is 215 Å². The maximum atomic E-state index is 14.0. The van der Waals surface area contributed by atoms with Crippen LogP contribution in [0.4, 0.5) is 13.2 Å². The van der Waals surface area contributed by atoms with Crippen molar-refractivity contribution in [3.8, 4) is 0 Å². The molecule has 0 spiro atoms. The number of nitrogens with two attached hydrogens (primary N) is 1. The highest BCUT2D eigenvalue weighted by Gasteiger charge is 2.35. The molecule has 1 amide bonds. The lowest BCUT2D eigenvalue weighted by atomic mass is 9.96. The molecule has 2 saturated heterocycles. The predicted octanol–water partition coefficient (Wildman–Crippen LogP) is 0.549. The second-order valence-corrected chi connectivity index (χ2v) is 10.9. The van der Waals surface area contributed by atoms with Crippen molar-refractivity contribution in [2.24, 2.45) is 5.73 Å². The van der Waals surface area contributed by atoms with Gasteiger partial charge in [0.2, 0.25) is 15.9 Å². The minimum atomic E-state index is -3.53. The van der Waals surface area contributed by atoms with Crippen molar-refractivity contribution in [1.82, 2.24) is 14.1 Å². The van der Waals surface area contributed by atoms with Crippen molar-refractivity contribution >= 4 is 34.1 Å². The SMILES string of the molecule is CS(=O)(=O)N1CCC(C(=O)C[C@H](N)Cc2cc(F)c(F)cc2F)N(C(=O)CN2CCOCC2)CC1.Cl. The van der Waals surface area contributed by atoms with Crippen LogP contribution in [0.25, 0.3) is 0 Å².